The van der Waals surface area contributed by atoms with Crippen LogP contribution in [-0.4, -0.2) is 40.7 Å². The Morgan fingerprint density at radius 3 is 2.61 bits per heavy atom. The van der Waals surface area contributed by atoms with E-state index in [9.17, 15) is 19.5 Å². The number of phenols is 1. The van der Waals surface area contributed by atoms with E-state index in [4.69, 9.17) is 4.74 Å². The number of hydrogen-bond donors (Lipinski definition) is 2. The van der Waals surface area contributed by atoms with E-state index in [0.29, 0.717) is 23.2 Å². The molecule has 0 aliphatic carbocycles. The first kappa shape index (κ1) is 22.2. The molecule has 0 bridgehead atoms. The standard InChI is InChI=1S/C23H22N2O5S/c1-4-5-16-10-15(11-18(30-3)21(16)27)12-19-22(28)25(23(29)31-19)13-20(26)24-17-8-6-14(2)7-9-17/h4,6-12,27H,1,5,13H2,2-3H3,(H,24,26)/b19-12+. The molecular weight excluding hydrogens is 416 g/mol. The van der Waals surface area contributed by atoms with Crippen LogP contribution in [0, 0.1) is 6.92 Å². The Morgan fingerprint density at radius 2 is 1.97 bits per heavy atom. The van der Waals surface area contributed by atoms with Crippen LogP contribution in [-0.2, 0) is 16.0 Å². The molecule has 0 atom stereocenters. The molecule has 1 aliphatic heterocycles. The van der Waals surface area contributed by atoms with Crippen LogP contribution >= 0.6 is 11.8 Å². The third-order valence-corrected chi connectivity index (χ3v) is 5.48. The van der Waals surface area contributed by atoms with E-state index in [1.165, 1.54) is 13.2 Å². The maximum Gasteiger partial charge on any atom is 0.294 e. The van der Waals surface area contributed by atoms with E-state index in [1.807, 2.05) is 19.1 Å². The number of hydrogen-bond acceptors (Lipinski definition) is 6. The van der Waals surface area contributed by atoms with Crippen molar-refractivity contribution in [3.8, 4) is 11.5 Å². The molecule has 2 aromatic rings. The number of benzene rings is 2. The molecule has 7 nitrogen and oxygen atoms in total. The maximum atomic E-state index is 12.7. The molecule has 0 aromatic heterocycles. The number of carbonyl (C=O) groups excluding carboxylic acids is 3. The summed E-state index contributed by atoms with van der Waals surface area (Å²) < 4.78 is 5.19. The van der Waals surface area contributed by atoms with E-state index in [1.54, 1.807) is 30.3 Å². The molecule has 0 unspecified atom stereocenters. The van der Waals surface area contributed by atoms with Gasteiger partial charge in [0, 0.05) is 11.3 Å². The van der Waals surface area contributed by atoms with Gasteiger partial charge in [0.05, 0.1) is 12.0 Å². The molecular formula is C23H22N2O5S. The SMILES string of the molecule is C=CCc1cc(/C=C2/SC(=O)N(CC(=O)Nc3ccc(C)cc3)C2=O)cc(OC)c1O. The zero-order valence-electron chi connectivity index (χ0n) is 17.2. The smallest absolute Gasteiger partial charge is 0.294 e. The lowest BCUT2D eigenvalue weighted by Crippen LogP contribution is -2.36. The zero-order valence-corrected chi connectivity index (χ0v) is 18.0. The van der Waals surface area contributed by atoms with Crippen LogP contribution in [0.1, 0.15) is 16.7 Å². The highest BCUT2D eigenvalue weighted by Gasteiger charge is 2.36. The number of amides is 3. The lowest BCUT2D eigenvalue weighted by molar-refractivity contribution is -0.127. The van der Waals surface area contributed by atoms with Crippen LogP contribution in [0.25, 0.3) is 6.08 Å². The average Bonchev–Trinajstić information content (AvgIpc) is 2.99. The number of allylic oxidation sites excluding steroid dienone is 1. The number of nitrogens with zero attached hydrogens (tertiary/aromatic N) is 1. The van der Waals surface area contributed by atoms with Crippen molar-refractivity contribution in [1.82, 2.24) is 4.90 Å². The highest BCUT2D eigenvalue weighted by Crippen LogP contribution is 2.36. The molecule has 0 saturated carbocycles. The van der Waals surface area contributed by atoms with Gasteiger partial charge in [-0.25, -0.2) is 0 Å². The van der Waals surface area contributed by atoms with Crippen molar-refractivity contribution in [3.05, 3.63) is 70.6 Å². The number of thioether (sulfide) groups is 1. The third kappa shape index (κ3) is 5.16. The van der Waals surface area contributed by atoms with Crippen LogP contribution in [0.5, 0.6) is 11.5 Å². The minimum atomic E-state index is -0.550. The summed E-state index contributed by atoms with van der Waals surface area (Å²) in [6.07, 6.45) is 3.58. The number of phenolic OH excluding ortho intramolecular Hbond substituents is 1. The van der Waals surface area contributed by atoms with Gasteiger partial charge in [-0.1, -0.05) is 23.8 Å². The van der Waals surface area contributed by atoms with E-state index in [-0.39, 0.29) is 22.9 Å². The molecule has 1 saturated heterocycles. The van der Waals surface area contributed by atoms with Gasteiger partial charge in [0.1, 0.15) is 6.54 Å². The quantitative estimate of drug-likeness (QED) is 0.499. The topological polar surface area (TPSA) is 95.9 Å². The Balaban J connectivity index is 1.77. The maximum absolute atomic E-state index is 12.7. The van der Waals surface area contributed by atoms with Gasteiger partial charge >= 0.3 is 0 Å². The number of nitrogens with one attached hydrogen (secondary N) is 1. The number of anilines is 1. The third-order valence-electron chi connectivity index (χ3n) is 4.57. The summed E-state index contributed by atoms with van der Waals surface area (Å²) in [5, 5.41) is 12.4. The minimum absolute atomic E-state index is 0.000399. The van der Waals surface area contributed by atoms with Gasteiger partial charge in [-0.2, -0.15) is 0 Å². The van der Waals surface area contributed by atoms with Crippen molar-refractivity contribution in [1.29, 1.82) is 0 Å². The number of aromatic hydroxyl groups is 1. The Bertz CT molecular complexity index is 1080. The fourth-order valence-corrected chi connectivity index (χ4v) is 3.85. The van der Waals surface area contributed by atoms with Crippen molar-refractivity contribution >= 4 is 40.6 Å². The first-order valence-electron chi connectivity index (χ1n) is 9.45. The lowest BCUT2D eigenvalue weighted by atomic mass is 10.1. The normalized spacial score (nSPS) is 14.8. The van der Waals surface area contributed by atoms with E-state index < -0.39 is 17.1 Å². The Kier molecular flexibility index (Phi) is 6.81. The van der Waals surface area contributed by atoms with Crippen molar-refractivity contribution in [2.45, 2.75) is 13.3 Å². The van der Waals surface area contributed by atoms with Gasteiger partial charge in [0.15, 0.2) is 11.5 Å². The number of aryl methyl sites for hydroxylation is 1. The summed E-state index contributed by atoms with van der Waals surface area (Å²) in [5.74, 6) is -0.763. The number of carbonyl (C=O) groups is 3. The summed E-state index contributed by atoms with van der Waals surface area (Å²) in [6.45, 7) is 5.22. The molecule has 160 valence electrons. The van der Waals surface area contributed by atoms with Gasteiger partial charge in [0.25, 0.3) is 11.1 Å². The van der Waals surface area contributed by atoms with Crippen LogP contribution in [0.15, 0.2) is 54.0 Å². The molecule has 3 rings (SSSR count). The van der Waals surface area contributed by atoms with Gasteiger partial charge in [-0.05, 0) is 61.0 Å². The largest absolute Gasteiger partial charge is 0.504 e. The molecule has 1 heterocycles. The summed E-state index contributed by atoms with van der Waals surface area (Å²) in [5.41, 5.74) is 2.80. The average molecular weight is 439 g/mol. The predicted octanol–water partition coefficient (Wildman–Crippen LogP) is 4.11. The van der Waals surface area contributed by atoms with E-state index in [2.05, 4.69) is 11.9 Å². The summed E-state index contributed by atoms with van der Waals surface area (Å²) in [4.78, 5) is 38.5. The molecule has 3 amide bonds. The van der Waals surface area contributed by atoms with Crippen molar-refractivity contribution in [2.75, 3.05) is 19.0 Å². The van der Waals surface area contributed by atoms with Crippen LogP contribution in [0.3, 0.4) is 0 Å². The van der Waals surface area contributed by atoms with Gasteiger partial charge < -0.3 is 15.2 Å². The molecule has 8 heteroatoms. The second-order valence-electron chi connectivity index (χ2n) is 6.91. The Hall–Kier alpha value is -3.52. The number of ether oxygens (including phenoxy) is 1. The molecule has 1 fully saturated rings. The minimum Gasteiger partial charge on any atom is -0.504 e. The molecule has 1 aliphatic rings. The Morgan fingerprint density at radius 1 is 1.26 bits per heavy atom. The van der Waals surface area contributed by atoms with Gasteiger partial charge in [-0.3, -0.25) is 19.3 Å². The lowest BCUT2D eigenvalue weighted by Gasteiger charge is -2.12. The molecule has 31 heavy (non-hydrogen) atoms. The first-order valence-corrected chi connectivity index (χ1v) is 10.3. The Labute approximate surface area is 184 Å². The van der Waals surface area contributed by atoms with Gasteiger partial charge in [-0.15, -0.1) is 6.58 Å². The van der Waals surface area contributed by atoms with Crippen LogP contribution in [0.2, 0.25) is 0 Å². The van der Waals surface area contributed by atoms with Gasteiger partial charge in [0.2, 0.25) is 5.91 Å². The second kappa shape index (κ2) is 9.53. The highest BCUT2D eigenvalue weighted by molar-refractivity contribution is 8.18. The summed E-state index contributed by atoms with van der Waals surface area (Å²) in [6, 6.07) is 10.5. The highest BCUT2D eigenvalue weighted by atomic mass is 32.2. The van der Waals surface area contributed by atoms with Crippen molar-refractivity contribution < 1.29 is 24.2 Å². The zero-order chi connectivity index (χ0) is 22.5. The monoisotopic (exact) mass is 438 g/mol. The van der Waals surface area contributed by atoms with Crippen LogP contribution < -0.4 is 10.1 Å². The van der Waals surface area contributed by atoms with E-state index in [0.717, 1.165) is 22.2 Å². The molecule has 0 radical (unpaired) electrons. The second-order valence-corrected chi connectivity index (χ2v) is 7.90. The molecule has 2 aromatic carbocycles. The predicted molar refractivity (Wildman–Crippen MR) is 121 cm³/mol. The summed E-state index contributed by atoms with van der Waals surface area (Å²) >= 11 is 0.759. The number of rotatable bonds is 7. The fourth-order valence-electron chi connectivity index (χ4n) is 3.01. The number of imide groups is 1. The van der Waals surface area contributed by atoms with E-state index >= 15 is 0 Å². The van der Waals surface area contributed by atoms with Crippen molar-refractivity contribution in [2.24, 2.45) is 0 Å². The van der Waals surface area contributed by atoms with Crippen molar-refractivity contribution in [3.63, 3.8) is 0 Å². The molecule has 0 spiro atoms. The number of methoxy groups -OCH3 is 1. The fraction of sp³-hybridized carbons (Fsp3) is 0.174. The summed E-state index contributed by atoms with van der Waals surface area (Å²) in [7, 11) is 1.43. The van der Waals surface area contributed by atoms with Crippen LogP contribution in [0.4, 0.5) is 10.5 Å². The molecule has 2 N–H and O–H groups in total. The first-order chi connectivity index (χ1) is 14.8.